The number of alkyl halides is 3. The molecule has 1 saturated heterocycles. The highest BCUT2D eigenvalue weighted by atomic mass is 79.9. The van der Waals surface area contributed by atoms with E-state index >= 15 is 0 Å². The lowest BCUT2D eigenvalue weighted by Gasteiger charge is -2.31. The molecule has 5 aromatic rings. The fraction of sp³-hybridized carbons (Fsp3) is 0.152. The molecule has 14 heteroatoms. The molecular weight excluding hydrogens is 719 g/mol. The summed E-state index contributed by atoms with van der Waals surface area (Å²) in [6.07, 6.45) is -4.68. The molecule has 0 saturated carbocycles. The summed E-state index contributed by atoms with van der Waals surface area (Å²) in [4.78, 5) is 56.9. The van der Waals surface area contributed by atoms with Crippen molar-refractivity contribution < 1.29 is 32.3 Å². The molecule has 1 fully saturated rings. The van der Waals surface area contributed by atoms with Crippen molar-refractivity contribution in [2.24, 2.45) is 5.92 Å². The first-order valence-electron chi connectivity index (χ1n) is 14.1. The van der Waals surface area contributed by atoms with Crippen LogP contribution in [0.3, 0.4) is 0 Å². The van der Waals surface area contributed by atoms with Gasteiger partial charge < -0.3 is 15.0 Å². The molecule has 3 atom stereocenters. The molecule has 2 aliphatic heterocycles. The summed E-state index contributed by atoms with van der Waals surface area (Å²) in [6, 6.07) is 22.3. The molecule has 0 aliphatic carbocycles. The molecule has 238 valence electrons. The molecular formula is C33H21BrF3N3O5S2. The van der Waals surface area contributed by atoms with Gasteiger partial charge in [0.1, 0.15) is 11.0 Å². The van der Waals surface area contributed by atoms with Gasteiger partial charge in [0.05, 0.1) is 22.2 Å². The highest BCUT2D eigenvalue weighted by molar-refractivity contribution is 9.10. The molecule has 2 N–H and O–H groups in total. The van der Waals surface area contributed by atoms with Gasteiger partial charge in [-0.25, -0.2) is 4.90 Å². The van der Waals surface area contributed by atoms with Crippen LogP contribution in [0.15, 0.2) is 99.2 Å². The number of fused-ring (bicyclic) bond motifs is 3. The topological polar surface area (TPSA) is 109 Å². The Morgan fingerprint density at radius 1 is 0.936 bits per heavy atom. The zero-order valence-electron chi connectivity index (χ0n) is 23.8. The number of H-pyrrole nitrogens is 1. The molecule has 3 unspecified atom stereocenters. The van der Waals surface area contributed by atoms with Crippen molar-refractivity contribution in [1.29, 1.82) is 0 Å². The molecule has 3 amide bonds. The summed E-state index contributed by atoms with van der Waals surface area (Å²) in [6.45, 7) is -0.392. The maximum atomic E-state index is 14.1. The van der Waals surface area contributed by atoms with Crippen LogP contribution in [0.5, 0.6) is 5.75 Å². The van der Waals surface area contributed by atoms with E-state index in [1.807, 2.05) is 36.4 Å². The molecule has 7 rings (SSSR count). The second-order valence-corrected chi connectivity index (χ2v) is 14.0. The molecule has 3 heterocycles. The number of thiazole rings is 1. The molecule has 0 bridgehead atoms. The number of aromatic amines is 1. The van der Waals surface area contributed by atoms with E-state index in [2.05, 4.69) is 26.2 Å². The van der Waals surface area contributed by atoms with Crippen molar-refractivity contribution in [3.8, 4) is 5.75 Å². The van der Waals surface area contributed by atoms with Crippen LogP contribution in [-0.4, -0.2) is 34.6 Å². The van der Waals surface area contributed by atoms with Gasteiger partial charge in [0.25, 0.3) is 5.91 Å². The lowest BCUT2D eigenvalue weighted by molar-refractivity contribution is -0.137. The van der Waals surface area contributed by atoms with E-state index in [0.717, 1.165) is 57.0 Å². The molecule has 0 radical (unpaired) electrons. The molecule has 1 aromatic heterocycles. The predicted molar refractivity (Wildman–Crippen MR) is 176 cm³/mol. The van der Waals surface area contributed by atoms with Gasteiger partial charge in [0.2, 0.25) is 11.8 Å². The van der Waals surface area contributed by atoms with Gasteiger partial charge in [-0.15, -0.1) is 0 Å². The summed E-state index contributed by atoms with van der Waals surface area (Å²) >= 11 is 5.33. The first kappa shape index (κ1) is 31.2. The third kappa shape index (κ3) is 5.85. The predicted octanol–water partition coefficient (Wildman–Crippen LogP) is 7.18. The van der Waals surface area contributed by atoms with Crippen LogP contribution >= 0.6 is 39.0 Å². The lowest BCUT2D eigenvalue weighted by Crippen LogP contribution is -2.32. The summed E-state index contributed by atoms with van der Waals surface area (Å²) in [5.74, 6) is -3.57. The highest BCUT2D eigenvalue weighted by Crippen LogP contribution is 2.55. The lowest BCUT2D eigenvalue weighted by atomic mass is 9.82. The van der Waals surface area contributed by atoms with Gasteiger partial charge >= 0.3 is 11.0 Å². The second kappa shape index (κ2) is 12.0. The molecule has 47 heavy (non-hydrogen) atoms. The Morgan fingerprint density at radius 3 is 2.51 bits per heavy atom. The number of aromatic nitrogens is 1. The van der Waals surface area contributed by atoms with E-state index in [1.165, 1.54) is 6.07 Å². The van der Waals surface area contributed by atoms with Crippen molar-refractivity contribution in [1.82, 2.24) is 4.98 Å². The number of nitrogens with one attached hydrogen (secondary N) is 2. The van der Waals surface area contributed by atoms with E-state index in [1.54, 1.807) is 24.3 Å². The number of nitrogens with zero attached hydrogens (tertiary/aromatic N) is 1. The Bertz CT molecular complexity index is 2150. The number of thioether (sulfide) groups is 1. The smallest absolute Gasteiger partial charge is 0.416 e. The maximum Gasteiger partial charge on any atom is 0.416 e. The Balaban J connectivity index is 1.22. The number of hydrogen-bond acceptors (Lipinski definition) is 7. The largest absolute Gasteiger partial charge is 0.483 e. The van der Waals surface area contributed by atoms with Crippen molar-refractivity contribution in [2.45, 2.75) is 22.4 Å². The van der Waals surface area contributed by atoms with Gasteiger partial charge in [-0.3, -0.25) is 19.2 Å². The minimum absolute atomic E-state index is 0.198. The second-order valence-electron chi connectivity index (χ2n) is 10.9. The minimum Gasteiger partial charge on any atom is -0.483 e. The van der Waals surface area contributed by atoms with Gasteiger partial charge in [0.15, 0.2) is 6.61 Å². The van der Waals surface area contributed by atoms with E-state index in [-0.39, 0.29) is 11.4 Å². The van der Waals surface area contributed by atoms with Crippen LogP contribution in [0, 0.1) is 5.92 Å². The Labute approximate surface area is 281 Å². The van der Waals surface area contributed by atoms with Gasteiger partial charge in [-0.2, -0.15) is 13.2 Å². The number of hydrogen-bond donors (Lipinski definition) is 2. The van der Waals surface area contributed by atoms with Crippen molar-refractivity contribution >= 4 is 78.9 Å². The number of rotatable bonds is 6. The molecule has 2 aliphatic rings. The summed E-state index contributed by atoms with van der Waals surface area (Å²) in [7, 11) is 0. The van der Waals surface area contributed by atoms with E-state index < -0.39 is 58.0 Å². The Morgan fingerprint density at radius 2 is 1.72 bits per heavy atom. The minimum atomic E-state index is -4.68. The fourth-order valence-electron chi connectivity index (χ4n) is 5.93. The number of carbonyl (C=O) groups excluding carboxylic acids is 3. The van der Waals surface area contributed by atoms with Crippen LogP contribution in [0.1, 0.15) is 21.9 Å². The average molecular weight is 741 g/mol. The first-order valence-corrected chi connectivity index (χ1v) is 16.6. The number of anilines is 2. The number of ether oxygens (including phenoxy) is 1. The van der Waals surface area contributed by atoms with Crippen LogP contribution in [0.4, 0.5) is 24.5 Å². The van der Waals surface area contributed by atoms with Crippen LogP contribution in [-0.2, 0) is 20.6 Å². The summed E-state index contributed by atoms with van der Waals surface area (Å²) < 4.78 is 47.2. The van der Waals surface area contributed by atoms with Crippen LogP contribution in [0.25, 0.3) is 10.8 Å². The van der Waals surface area contributed by atoms with Crippen molar-refractivity contribution in [3.63, 3.8) is 0 Å². The van der Waals surface area contributed by atoms with Gasteiger partial charge in [-0.05, 0) is 59.3 Å². The Kier molecular flexibility index (Phi) is 7.97. The Hall–Kier alpha value is -4.40. The van der Waals surface area contributed by atoms with E-state index in [4.69, 9.17) is 4.74 Å². The maximum absolute atomic E-state index is 14.1. The van der Waals surface area contributed by atoms with Crippen LogP contribution in [0.2, 0.25) is 0 Å². The quantitative estimate of drug-likeness (QED) is 0.179. The van der Waals surface area contributed by atoms with Crippen LogP contribution < -0.4 is 19.8 Å². The third-order valence-corrected chi connectivity index (χ3v) is 10.8. The first-order chi connectivity index (χ1) is 22.5. The number of amides is 3. The van der Waals surface area contributed by atoms with E-state index in [9.17, 15) is 32.3 Å². The monoisotopic (exact) mass is 739 g/mol. The number of benzene rings is 4. The zero-order chi connectivity index (χ0) is 33.0. The number of halogens is 4. The molecule has 4 aromatic carbocycles. The number of carbonyl (C=O) groups is 3. The summed E-state index contributed by atoms with van der Waals surface area (Å²) in [5, 5.41) is 4.13. The third-order valence-electron chi connectivity index (χ3n) is 7.95. The average Bonchev–Trinajstić information content (AvgIpc) is 3.53. The summed E-state index contributed by atoms with van der Waals surface area (Å²) in [5.41, 5.74) is -0.192. The normalized spacial score (nSPS) is 19.1. The van der Waals surface area contributed by atoms with Crippen molar-refractivity contribution in [3.05, 3.63) is 115 Å². The standard InChI is InChI=1S/C33H21BrF3N3O5S2/c34-19-9-11-23(45-15-24(41)38-20-10-8-16-4-1-2-5-17(16)12-20)22(14-19)25-26-28(46-29-27(25)47-32(44)39-29)31(43)40(30(26)42)21-7-3-6-18(13-21)33(35,36)37/h1-14,25-26,28H,15H2,(H,38,41)(H,39,44). The zero-order valence-corrected chi connectivity index (χ0v) is 27.1. The number of imide groups is 1. The molecule has 0 spiro atoms. The van der Waals surface area contributed by atoms with Crippen molar-refractivity contribution in [2.75, 3.05) is 16.8 Å². The molecule has 8 nitrogen and oxygen atoms in total. The van der Waals surface area contributed by atoms with Gasteiger partial charge in [0, 0.05) is 26.5 Å². The van der Waals surface area contributed by atoms with E-state index in [0.29, 0.717) is 25.6 Å². The van der Waals surface area contributed by atoms with Gasteiger partial charge in [-0.1, -0.05) is 75.4 Å². The fourth-order valence-corrected chi connectivity index (χ4v) is 8.81. The SMILES string of the molecule is O=C(COc1ccc(Br)cc1C1c2sc(=O)[nH]c2SC2C(=O)N(c3cccc(C(F)(F)F)c3)C(=O)C21)Nc1ccc2ccccc2c1. The highest BCUT2D eigenvalue weighted by Gasteiger charge is 2.57.